The summed E-state index contributed by atoms with van der Waals surface area (Å²) < 4.78 is 10.3. The molecule has 3 rings (SSSR count). The zero-order valence-corrected chi connectivity index (χ0v) is 16.9. The molecule has 0 spiro atoms. The van der Waals surface area contributed by atoms with E-state index in [0.29, 0.717) is 12.3 Å². The maximum atomic E-state index is 12.0. The fourth-order valence-electron chi connectivity index (χ4n) is 3.18. The van der Waals surface area contributed by atoms with Gasteiger partial charge in [0.2, 0.25) is 0 Å². The molecule has 0 bridgehead atoms. The number of rotatable bonds is 9. The lowest BCUT2D eigenvalue weighted by Crippen LogP contribution is -2.30. The molecular formula is C25H25NO4. The molecule has 0 aliphatic carbocycles. The standard InChI is InChI=1S/C25H25NO4/c1-19-12-13-22(30-19)14-15-25(28)29-18-24(27)26-17-16-23(20-8-4-2-5-9-20)21-10-6-3-7-11-21/h2-15,23H,16-18H2,1H3,(H,26,27)/b15-14+. The van der Waals surface area contributed by atoms with Crippen LogP contribution in [0.15, 0.2) is 83.3 Å². The monoisotopic (exact) mass is 403 g/mol. The van der Waals surface area contributed by atoms with E-state index < -0.39 is 5.97 Å². The van der Waals surface area contributed by atoms with E-state index in [0.717, 1.165) is 12.2 Å². The molecule has 1 heterocycles. The Bertz CT molecular complexity index is 937. The van der Waals surface area contributed by atoms with Crippen LogP contribution in [0.5, 0.6) is 0 Å². The van der Waals surface area contributed by atoms with E-state index in [2.05, 4.69) is 29.6 Å². The Kier molecular flexibility index (Phi) is 7.61. The highest BCUT2D eigenvalue weighted by molar-refractivity contribution is 5.88. The van der Waals surface area contributed by atoms with Crippen LogP contribution in [0.25, 0.3) is 6.08 Å². The van der Waals surface area contributed by atoms with Gasteiger partial charge in [0, 0.05) is 18.5 Å². The van der Waals surface area contributed by atoms with Crippen LogP contribution in [0.3, 0.4) is 0 Å². The lowest BCUT2D eigenvalue weighted by Gasteiger charge is -2.18. The molecule has 0 saturated heterocycles. The van der Waals surface area contributed by atoms with Crippen molar-refractivity contribution in [3.8, 4) is 0 Å². The van der Waals surface area contributed by atoms with Crippen molar-refractivity contribution < 1.29 is 18.7 Å². The summed E-state index contributed by atoms with van der Waals surface area (Å²) in [6.07, 6.45) is 3.50. The summed E-state index contributed by atoms with van der Waals surface area (Å²) in [5.41, 5.74) is 2.39. The van der Waals surface area contributed by atoms with Crippen molar-refractivity contribution in [2.45, 2.75) is 19.3 Å². The predicted molar refractivity (Wildman–Crippen MR) is 116 cm³/mol. The number of furan rings is 1. The van der Waals surface area contributed by atoms with Crippen LogP contribution in [-0.4, -0.2) is 25.0 Å². The molecule has 0 atom stereocenters. The van der Waals surface area contributed by atoms with Crippen LogP contribution in [0.1, 0.15) is 35.0 Å². The number of aryl methyl sites for hydroxylation is 1. The third kappa shape index (κ3) is 6.48. The number of carbonyl (C=O) groups excluding carboxylic acids is 2. The van der Waals surface area contributed by atoms with Gasteiger partial charge < -0.3 is 14.5 Å². The molecule has 0 aliphatic heterocycles. The normalized spacial score (nSPS) is 11.0. The van der Waals surface area contributed by atoms with Gasteiger partial charge in [-0.1, -0.05) is 60.7 Å². The van der Waals surface area contributed by atoms with E-state index in [4.69, 9.17) is 9.15 Å². The summed E-state index contributed by atoms with van der Waals surface area (Å²) in [4.78, 5) is 23.8. The van der Waals surface area contributed by atoms with E-state index in [-0.39, 0.29) is 18.4 Å². The van der Waals surface area contributed by atoms with Gasteiger partial charge in [-0.05, 0) is 42.7 Å². The van der Waals surface area contributed by atoms with Gasteiger partial charge in [0.15, 0.2) is 6.61 Å². The van der Waals surface area contributed by atoms with Crippen LogP contribution < -0.4 is 5.32 Å². The second-order valence-electron chi connectivity index (χ2n) is 6.90. The molecule has 0 fully saturated rings. The highest BCUT2D eigenvalue weighted by atomic mass is 16.5. The number of hydrogen-bond acceptors (Lipinski definition) is 4. The molecule has 1 amide bonds. The molecule has 0 aliphatic rings. The minimum absolute atomic E-state index is 0.176. The third-order valence-electron chi connectivity index (χ3n) is 4.65. The first-order valence-electron chi connectivity index (χ1n) is 9.89. The number of benzene rings is 2. The summed E-state index contributed by atoms with van der Waals surface area (Å²) in [5.74, 6) is 0.569. The van der Waals surface area contributed by atoms with Crippen molar-refractivity contribution in [2.75, 3.05) is 13.2 Å². The number of carbonyl (C=O) groups is 2. The van der Waals surface area contributed by atoms with Gasteiger partial charge >= 0.3 is 5.97 Å². The van der Waals surface area contributed by atoms with E-state index in [1.165, 1.54) is 23.3 Å². The van der Waals surface area contributed by atoms with Crippen molar-refractivity contribution in [2.24, 2.45) is 0 Å². The zero-order valence-electron chi connectivity index (χ0n) is 16.9. The Morgan fingerprint density at radius 2 is 1.60 bits per heavy atom. The SMILES string of the molecule is Cc1ccc(/C=C/C(=O)OCC(=O)NCCC(c2ccccc2)c2ccccc2)o1. The second kappa shape index (κ2) is 10.8. The largest absolute Gasteiger partial charge is 0.462 e. The molecule has 3 aromatic rings. The molecule has 154 valence electrons. The van der Waals surface area contributed by atoms with Crippen molar-refractivity contribution in [1.29, 1.82) is 0 Å². The number of ether oxygens (including phenoxy) is 1. The van der Waals surface area contributed by atoms with Crippen molar-refractivity contribution >= 4 is 18.0 Å². The number of hydrogen-bond donors (Lipinski definition) is 1. The Morgan fingerprint density at radius 1 is 0.967 bits per heavy atom. The minimum atomic E-state index is -0.592. The Morgan fingerprint density at radius 3 is 2.17 bits per heavy atom. The molecule has 0 radical (unpaired) electrons. The molecule has 1 aromatic heterocycles. The first-order chi connectivity index (χ1) is 14.6. The first kappa shape index (κ1) is 21.1. The minimum Gasteiger partial charge on any atom is -0.462 e. The molecule has 5 nitrogen and oxygen atoms in total. The number of amides is 1. The van der Waals surface area contributed by atoms with Gasteiger partial charge in [0.1, 0.15) is 11.5 Å². The molecule has 0 unspecified atom stereocenters. The van der Waals surface area contributed by atoms with Crippen molar-refractivity contribution in [1.82, 2.24) is 5.32 Å². The molecule has 5 heteroatoms. The molecule has 0 saturated carbocycles. The van der Waals surface area contributed by atoms with Gasteiger partial charge in [-0.15, -0.1) is 0 Å². The second-order valence-corrected chi connectivity index (χ2v) is 6.90. The quantitative estimate of drug-likeness (QED) is 0.422. The maximum absolute atomic E-state index is 12.0. The Balaban J connectivity index is 1.46. The van der Waals surface area contributed by atoms with Gasteiger partial charge in [0.05, 0.1) is 0 Å². The van der Waals surface area contributed by atoms with Gasteiger partial charge in [-0.2, -0.15) is 0 Å². The topological polar surface area (TPSA) is 68.5 Å². The molecule has 30 heavy (non-hydrogen) atoms. The zero-order chi connectivity index (χ0) is 21.2. The first-order valence-corrected chi connectivity index (χ1v) is 9.89. The maximum Gasteiger partial charge on any atom is 0.331 e. The van der Waals surface area contributed by atoms with Gasteiger partial charge in [0.25, 0.3) is 5.91 Å². The lowest BCUT2D eigenvalue weighted by molar-refractivity contribution is -0.143. The molecule has 2 aromatic carbocycles. The van der Waals surface area contributed by atoms with Gasteiger partial charge in [-0.25, -0.2) is 4.79 Å². The number of nitrogens with one attached hydrogen (secondary N) is 1. The predicted octanol–water partition coefficient (Wildman–Crippen LogP) is 4.48. The van der Waals surface area contributed by atoms with E-state index in [1.54, 1.807) is 12.1 Å². The van der Waals surface area contributed by atoms with Gasteiger partial charge in [-0.3, -0.25) is 4.79 Å². The summed E-state index contributed by atoms with van der Waals surface area (Å²) in [6, 6.07) is 24.0. The summed E-state index contributed by atoms with van der Waals surface area (Å²) in [7, 11) is 0. The molecule has 1 N–H and O–H groups in total. The van der Waals surface area contributed by atoms with E-state index in [9.17, 15) is 9.59 Å². The highest BCUT2D eigenvalue weighted by Gasteiger charge is 2.14. The van der Waals surface area contributed by atoms with E-state index in [1.807, 2.05) is 43.3 Å². The third-order valence-corrected chi connectivity index (χ3v) is 4.65. The van der Waals surface area contributed by atoms with Crippen molar-refractivity contribution in [3.05, 3.63) is 102 Å². The lowest BCUT2D eigenvalue weighted by atomic mass is 9.88. The summed E-state index contributed by atoms with van der Waals surface area (Å²) in [6.45, 7) is 1.98. The fourth-order valence-corrected chi connectivity index (χ4v) is 3.18. The van der Waals surface area contributed by atoms with E-state index >= 15 is 0 Å². The fraction of sp³-hybridized carbons (Fsp3) is 0.200. The smallest absolute Gasteiger partial charge is 0.331 e. The van der Waals surface area contributed by atoms with Crippen LogP contribution >= 0.6 is 0 Å². The average molecular weight is 403 g/mol. The molecular weight excluding hydrogens is 378 g/mol. The summed E-state index contributed by atoms with van der Waals surface area (Å²) >= 11 is 0. The average Bonchev–Trinajstić information content (AvgIpc) is 3.20. The van der Waals surface area contributed by atoms with Crippen LogP contribution in [0, 0.1) is 6.92 Å². The van der Waals surface area contributed by atoms with Crippen LogP contribution in [-0.2, 0) is 14.3 Å². The Hall–Kier alpha value is -3.60. The van der Waals surface area contributed by atoms with Crippen molar-refractivity contribution in [3.63, 3.8) is 0 Å². The van der Waals surface area contributed by atoms with Crippen LogP contribution in [0.2, 0.25) is 0 Å². The summed E-state index contributed by atoms with van der Waals surface area (Å²) in [5, 5.41) is 2.83. The van der Waals surface area contributed by atoms with Crippen LogP contribution in [0.4, 0.5) is 0 Å². The Labute approximate surface area is 176 Å². The number of esters is 1. The highest BCUT2D eigenvalue weighted by Crippen LogP contribution is 2.27.